The van der Waals surface area contributed by atoms with Gasteiger partial charge in [0.1, 0.15) is 5.56 Å². The SMILES string of the molecule is Cc1nnc(OC(C)C(F)(F)F)c(C(=O)O)c1C. The fourth-order valence-corrected chi connectivity index (χ4v) is 1.16. The molecule has 100 valence electrons. The van der Waals surface area contributed by atoms with Crippen molar-refractivity contribution in [2.75, 3.05) is 0 Å². The third-order valence-electron chi connectivity index (χ3n) is 2.39. The molecule has 1 heterocycles. The average molecular weight is 264 g/mol. The van der Waals surface area contributed by atoms with Gasteiger partial charge in [-0.3, -0.25) is 0 Å². The molecule has 1 aromatic rings. The maximum Gasteiger partial charge on any atom is 0.425 e. The van der Waals surface area contributed by atoms with Crippen LogP contribution in [-0.2, 0) is 0 Å². The van der Waals surface area contributed by atoms with Crippen molar-refractivity contribution in [2.24, 2.45) is 0 Å². The van der Waals surface area contributed by atoms with E-state index in [1.165, 1.54) is 13.8 Å². The molecule has 18 heavy (non-hydrogen) atoms. The minimum atomic E-state index is -4.60. The van der Waals surface area contributed by atoms with Crippen molar-refractivity contribution < 1.29 is 27.8 Å². The van der Waals surface area contributed by atoms with Crippen LogP contribution >= 0.6 is 0 Å². The molecule has 0 spiro atoms. The minimum Gasteiger partial charge on any atom is -0.477 e. The lowest BCUT2D eigenvalue weighted by molar-refractivity contribution is -0.190. The Hall–Kier alpha value is -1.86. The number of carbonyl (C=O) groups is 1. The van der Waals surface area contributed by atoms with Gasteiger partial charge in [-0.25, -0.2) is 4.79 Å². The Morgan fingerprint density at radius 3 is 2.33 bits per heavy atom. The van der Waals surface area contributed by atoms with Crippen molar-refractivity contribution >= 4 is 5.97 Å². The zero-order chi connectivity index (χ0) is 14.1. The second kappa shape index (κ2) is 4.79. The van der Waals surface area contributed by atoms with E-state index in [9.17, 15) is 18.0 Å². The number of aryl methyl sites for hydroxylation is 1. The van der Waals surface area contributed by atoms with E-state index in [4.69, 9.17) is 5.11 Å². The summed E-state index contributed by atoms with van der Waals surface area (Å²) in [5, 5.41) is 15.9. The molecule has 0 bridgehead atoms. The fraction of sp³-hybridized carbons (Fsp3) is 0.500. The number of halogens is 3. The van der Waals surface area contributed by atoms with E-state index in [1.807, 2.05) is 0 Å². The number of rotatable bonds is 3. The zero-order valence-electron chi connectivity index (χ0n) is 9.87. The first-order valence-electron chi connectivity index (χ1n) is 4.95. The standard InChI is InChI=1S/C10H11F3N2O3/c1-4-5(2)14-15-8(7(4)9(16)17)18-6(3)10(11,12)13/h6H,1-3H3,(H,16,17). The predicted molar refractivity (Wildman–Crippen MR) is 54.6 cm³/mol. The van der Waals surface area contributed by atoms with Crippen molar-refractivity contribution in [3.8, 4) is 5.88 Å². The van der Waals surface area contributed by atoms with Crippen LogP contribution in [0.1, 0.15) is 28.5 Å². The number of hydrogen-bond acceptors (Lipinski definition) is 4. The second-order valence-electron chi connectivity index (χ2n) is 3.70. The molecule has 1 N–H and O–H groups in total. The first kappa shape index (κ1) is 14.2. The Labute approximate surface area is 101 Å². The van der Waals surface area contributed by atoms with E-state index in [-0.39, 0.29) is 5.56 Å². The van der Waals surface area contributed by atoms with Crippen LogP contribution in [0.5, 0.6) is 5.88 Å². The van der Waals surface area contributed by atoms with Crippen molar-refractivity contribution in [2.45, 2.75) is 33.1 Å². The molecule has 0 saturated carbocycles. The monoisotopic (exact) mass is 264 g/mol. The quantitative estimate of drug-likeness (QED) is 0.905. The molecule has 0 aliphatic heterocycles. The van der Waals surface area contributed by atoms with E-state index in [2.05, 4.69) is 14.9 Å². The summed E-state index contributed by atoms with van der Waals surface area (Å²) in [5.74, 6) is -2.04. The number of hydrogen-bond donors (Lipinski definition) is 1. The number of aromatic carboxylic acids is 1. The molecule has 0 aliphatic rings. The van der Waals surface area contributed by atoms with Gasteiger partial charge in [-0.15, -0.1) is 5.10 Å². The van der Waals surface area contributed by atoms with E-state index in [1.54, 1.807) is 0 Å². The number of nitrogens with zero attached hydrogens (tertiary/aromatic N) is 2. The van der Waals surface area contributed by atoms with Gasteiger partial charge in [0.2, 0.25) is 5.88 Å². The predicted octanol–water partition coefficient (Wildman–Crippen LogP) is 2.12. The number of carboxylic acids is 1. The molecule has 5 nitrogen and oxygen atoms in total. The van der Waals surface area contributed by atoms with Gasteiger partial charge in [0, 0.05) is 0 Å². The second-order valence-corrected chi connectivity index (χ2v) is 3.70. The van der Waals surface area contributed by atoms with Gasteiger partial charge in [0.05, 0.1) is 5.69 Å². The fourth-order valence-electron chi connectivity index (χ4n) is 1.16. The Kier molecular flexibility index (Phi) is 3.78. The third-order valence-corrected chi connectivity index (χ3v) is 2.39. The smallest absolute Gasteiger partial charge is 0.425 e. The van der Waals surface area contributed by atoms with Gasteiger partial charge in [-0.2, -0.15) is 18.3 Å². The Morgan fingerprint density at radius 1 is 1.33 bits per heavy atom. The van der Waals surface area contributed by atoms with Crippen LogP contribution < -0.4 is 4.74 Å². The van der Waals surface area contributed by atoms with Gasteiger partial charge in [0.25, 0.3) is 0 Å². The van der Waals surface area contributed by atoms with Crippen molar-refractivity contribution in [3.63, 3.8) is 0 Å². The van der Waals surface area contributed by atoms with E-state index >= 15 is 0 Å². The Bertz CT molecular complexity index is 474. The molecule has 1 atom stereocenters. The number of carboxylic acid groups (broad SMARTS) is 1. The molecule has 0 aromatic carbocycles. The van der Waals surface area contributed by atoms with Crippen molar-refractivity contribution in [1.82, 2.24) is 10.2 Å². The van der Waals surface area contributed by atoms with E-state index in [0.29, 0.717) is 5.69 Å². The summed E-state index contributed by atoms with van der Waals surface area (Å²) >= 11 is 0. The van der Waals surface area contributed by atoms with Crippen LogP contribution in [0.25, 0.3) is 0 Å². The minimum absolute atomic E-state index is 0.224. The number of aromatic nitrogens is 2. The lowest BCUT2D eigenvalue weighted by Crippen LogP contribution is -2.32. The van der Waals surface area contributed by atoms with Gasteiger partial charge >= 0.3 is 12.1 Å². The van der Waals surface area contributed by atoms with Crippen LogP contribution in [0, 0.1) is 13.8 Å². The summed E-state index contributed by atoms with van der Waals surface area (Å²) in [7, 11) is 0. The number of ether oxygens (including phenoxy) is 1. The van der Waals surface area contributed by atoms with Crippen LogP contribution in [0.4, 0.5) is 13.2 Å². The van der Waals surface area contributed by atoms with Gasteiger partial charge in [-0.1, -0.05) is 0 Å². The Morgan fingerprint density at radius 2 is 1.89 bits per heavy atom. The van der Waals surface area contributed by atoms with Crippen molar-refractivity contribution in [1.29, 1.82) is 0 Å². The highest BCUT2D eigenvalue weighted by atomic mass is 19.4. The zero-order valence-corrected chi connectivity index (χ0v) is 9.87. The molecule has 0 radical (unpaired) electrons. The van der Waals surface area contributed by atoms with E-state index < -0.39 is 29.7 Å². The van der Waals surface area contributed by atoms with Gasteiger partial charge in [-0.05, 0) is 26.3 Å². The van der Waals surface area contributed by atoms with Crippen LogP contribution in [-0.4, -0.2) is 33.6 Å². The van der Waals surface area contributed by atoms with Crippen molar-refractivity contribution in [3.05, 3.63) is 16.8 Å². The maximum absolute atomic E-state index is 12.3. The average Bonchev–Trinajstić information content (AvgIpc) is 2.21. The summed E-state index contributed by atoms with van der Waals surface area (Å²) in [5.41, 5.74) is 0.139. The highest BCUT2D eigenvalue weighted by molar-refractivity contribution is 5.92. The first-order valence-corrected chi connectivity index (χ1v) is 4.95. The largest absolute Gasteiger partial charge is 0.477 e. The summed E-state index contributed by atoms with van der Waals surface area (Å²) in [4.78, 5) is 11.0. The summed E-state index contributed by atoms with van der Waals surface area (Å²) in [6, 6.07) is 0. The molecular formula is C10H11F3N2O3. The molecule has 0 aliphatic carbocycles. The topological polar surface area (TPSA) is 72.3 Å². The summed E-state index contributed by atoms with van der Waals surface area (Å²) < 4.78 is 41.5. The van der Waals surface area contributed by atoms with E-state index in [0.717, 1.165) is 6.92 Å². The molecule has 0 fully saturated rings. The maximum atomic E-state index is 12.3. The normalized spacial score (nSPS) is 13.2. The Balaban J connectivity index is 3.18. The van der Waals surface area contributed by atoms with Crippen LogP contribution in [0.3, 0.4) is 0 Å². The lowest BCUT2D eigenvalue weighted by Gasteiger charge is -2.18. The molecule has 8 heteroatoms. The van der Waals surface area contributed by atoms with Gasteiger partial charge < -0.3 is 9.84 Å². The summed E-state index contributed by atoms with van der Waals surface area (Å²) in [6.07, 6.45) is -6.76. The highest BCUT2D eigenvalue weighted by Crippen LogP contribution is 2.27. The summed E-state index contributed by atoms with van der Waals surface area (Å²) in [6.45, 7) is 3.70. The first-order chi connectivity index (χ1) is 8.14. The molecule has 1 rings (SSSR count). The number of alkyl halides is 3. The highest BCUT2D eigenvalue weighted by Gasteiger charge is 2.39. The molecular weight excluding hydrogens is 253 g/mol. The molecule has 1 unspecified atom stereocenters. The van der Waals surface area contributed by atoms with Crippen LogP contribution in [0.2, 0.25) is 0 Å². The lowest BCUT2D eigenvalue weighted by atomic mass is 10.1. The molecule has 1 aromatic heterocycles. The molecule has 0 saturated heterocycles. The third kappa shape index (κ3) is 2.88. The molecule has 0 amide bonds. The van der Waals surface area contributed by atoms with Crippen LogP contribution in [0.15, 0.2) is 0 Å². The van der Waals surface area contributed by atoms with Gasteiger partial charge in [0.15, 0.2) is 6.10 Å².